The smallest absolute Gasteiger partial charge is 0.265 e. The van der Waals surface area contributed by atoms with E-state index < -0.39 is 6.10 Å². The van der Waals surface area contributed by atoms with Gasteiger partial charge in [0.15, 0.2) is 6.10 Å². The van der Waals surface area contributed by atoms with Crippen molar-refractivity contribution in [3.05, 3.63) is 66.2 Å². The maximum absolute atomic E-state index is 12.9. The summed E-state index contributed by atoms with van der Waals surface area (Å²) in [7, 11) is 0. The summed E-state index contributed by atoms with van der Waals surface area (Å²) in [6.45, 7) is 2.32. The molecule has 0 aromatic heterocycles. The topological polar surface area (TPSA) is 59.1 Å². The van der Waals surface area contributed by atoms with Gasteiger partial charge in [-0.2, -0.15) is 0 Å². The lowest BCUT2D eigenvalue weighted by Gasteiger charge is -2.37. The van der Waals surface area contributed by atoms with Crippen molar-refractivity contribution in [1.82, 2.24) is 4.90 Å². The van der Waals surface area contributed by atoms with E-state index in [1.807, 2.05) is 48.5 Å². The average molecular weight is 378 g/mol. The third-order valence-corrected chi connectivity index (χ3v) is 4.86. The van der Waals surface area contributed by atoms with Crippen LogP contribution in [-0.2, 0) is 14.3 Å². The standard InChI is InChI=1S/C22H22N2O4/c25-21(11-10-17-6-2-1-3-7-17)24-16-20(22(26)23-12-14-27-15-13-23)28-19-9-5-4-8-18(19)24/h1-11,20H,12-16H2/b11-10+/t20-/m0/s1. The van der Waals surface area contributed by atoms with Gasteiger partial charge in [-0.15, -0.1) is 0 Å². The molecule has 0 saturated carbocycles. The van der Waals surface area contributed by atoms with E-state index in [0.29, 0.717) is 37.7 Å². The SMILES string of the molecule is O=C([C@@H]1CN(C(=O)/C=C/c2ccccc2)c2ccccc2O1)N1CCOCC1. The van der Waals surface area contributed by atoms with Gasteiger partial charge in [0.05, 0.1) is 25.4 Å². The van der Waals surface area contributed by atoms with E-state index in [-0.39, 0.29) is 18.4 Å². The van der Waals surface area contributed by atoms with Gasteiger partial charge in [-0.05, 0) is 23.8 Å². The quantitative estimate of drug-likeness (QED) is 0.770. The molecule has 1 fully saturated rings. The number of nitrogens with zero attached hydrogens (tertiary/aromatic N) is 2. The summed E-state index contributed by atoms with van der Waals surface area (Å²) >= 11 is 0. The summed E-state index contributed by atoms with van der Waals surface area (Å²) < 4.78 is 11.3. The average Bonchev–Trinajstić information content (AvgIpc) is 2.77. The zero-order chi connectivity index (χ0) is 19.3. The molecule has 6 heteroatoms. The number of amides is 2. The fourth-order valence-electron chi connectivity index (χ4n) is 3.38. The minimum Gasteiger partial charge on any atom is -0.476 e. The first-order valence-corrected chi connectivity index (χ1v) is 9.39. The van der Waals surface area contributed by atoms with E-state index in [0.717, 1.165) is 5.56 Å². The number of benzene rings is 2. The highest BCUT2D eigenvalue weighted by atomic mass is 16.5. The number of morpholine rings is 1. The van der Waals surface area contributed by atoms with Crippen LogP contribution in [0.15, 0.2) is 60.7 Å². The van der Waals surface area contributed by atoms with Crippen molar-refractivity contribution in [1.29, 1.82) is 0 Å². The Hall–Kier alpha value is -3.12. The van der Waals surface area contributed by atoms with Gasteiger partial charge in [0.25, 0.3) is 11.8 Å². The summed E-state index contributed by atoms with van der Waals surface area (Å²) in [4.78, 5) is 29.2. The zero-order valence-electron chi connectivity index (χ0n) is 15.5. The predicted octanol–water partition coefficient (Wildman–Crippen LogP) is 2.35. The molecule has 4 rings (SSSR count). The molecule has 1 saturated heterocycles. The Bertz CT molecular complexity index is 875. The van der Waals surface area contributed by atoms with Gasteiger partial charge < -0.3 is 19.3 Å². The van der Waals surface area contributed by atoms with Crippen molar-refractivity contribution < 1.29 is 19.1 Å². The van der Waals surface area contributed by atoms with Crippen molar-refractivity contribution in [2.24, 2.45) is 0 Å². The lowest BCUT2D eigenvalue weighted by Crippen LogP contribution is -2.53. The normalized spacial score (nSPS) is 19.2. The number of carbonyl (C=O) groups excluding carboxylic acids is 2. The second-order valence-corrected chi connectivity index (χ2v) is 6.70. The molecule has 28 heavy (non-hydrogen) atoms. The maximum atomic E-state index is 12.9. The van der Waals surface area contributed by atoms with Crippen LogP contribution in [0, 0.1) is 0 Å². The van der Waals surface area contributed by atoms with Crippen LogP contribution < -0.4 is 9.64 Å². The van der Waals surface area contributed by atoms with Crippen LogP contribution in [-0.4, -0.2) is 55.7 Å². The Morgan fingerprint density at radius 1 is 0.964 bits per heavy atom. The molecular weight excluding hydrogens is 356 g/mol. The zero-order valence-corrected chi connectivity index (χ0v) is 15.5. The number of anilines is 1. The number of carbonyl (C=O) groups is 2. The Kier molecular flexibility index (Phi) is 5.39. The third-order valence-electron chi connectivity index (χ3n) is 4.86. The van der Waals surface area contributed by atoms with Crippen LogP contribution >= 0.6 is 0 Å². The maximum Gasteiger partial charge on any atom is 0.265 e. The molecule has 0 N–H and O–H groups in total. The number of ether oxygens (including phenoxy) is 2. The molecule has 2 aromatic carbocycles. The molecule has 6 nitrogen and oxygen atoms in total. The Morgan fingerprint density at radius 2 is 1.68 bits per heavy atom. The fourth-order valence-corrected chi connectivity index (χ4v) is 3.38. The van der Waals surface area contributed by atoms with Crippen molar-refractivity contribution >= 4 is 23.6 Å². The summed E-state index contributed by atoms with van der Waals surface area (Å²) in [5.41, 5.74) is 1.62. The van der Waals surface area contributed by atoms with Gasteiger partial charge in [0.1, 0.15) is 5.75 Å². The summed E-state index contributed by atoms with van der Waals surface area (Å²) in [5, 5.41) is 0. The number of hydrogen-bond acceptors (Lipinski definition) is 4. The predicted molar refractivity (Wildman–Crippen MR) is 106 cm³/mol. The van der Waals surface area contributed by atoms with Crippen LogP contribution in [0.3, 0.4) is 0 Å². The van der Waals surface area contributed by atoms with Crippen LogP contribution in [0.25, 0.3) is 6.08 Å². The van der Waals surface area contributed by atoms with E-state index in [1.54, 1.807) is 21.9 Å². The van der Waals surface area contributed by atoms with Gasteiger partial charge >= 0.3 is 0 Å². The van der Waals surface area contributed by atoms with Crippen molar-refractivity contribution in [3.63, 3.8) is 0 Å². The fraction of sp³-hybridized carbons (Fsp3) is 0.273. The van der Waals surface area contributed by atoms with E-state index in [4.69, 9.17) is 9.47 Å². The molecule has 0 unspecified atom stereocenters. The summed E-state index contributed by atoms with van der Waals surface area (Å²) in [6, 6.07) is 16.9. The monoisotopic (exact) mass is 378 g/mol. The molecule has 2 amide bonds. The molecule has 2 aliphatic heterocycles. The van der Waals surface area contributed by atoms with E-state index >= 15 is 0 Å². The number of rotatable bonds is 3. The van der Waals surface area contributed by atoms with Gasteiger partial charge in [-0.3, -0.25) is 9.59 Å². The largest absolute Gasteiger partial charge is 0.476 e. The Balaban J connectivity index is 1.56. The summed E-state index contributed by atoms with van der Waals surface area (Å²) in [5.74, 6) is 0.254. The molecule has 2 aromatic rings. The van der Waals surface area contributed by atoms with Crippen molar-refractivity contribution in [2.45, 2.75) is 6.10 Å². The molecule has 1 atom stereocenters. The highest BCUT2D eigenvalue weighted by Gasteiger charge is 2.35. The first kappa shape index (κ1) is 18.3. The lowest BCUT2D eigenvalue weighted by molar-refractivity contribution is -0.142. The van der Waals surface area contributed by atoms with Crippen molar-refractivity contribution in [3.8, 4) is 5.75 Å². The number of para-hydroxylation sites is 2. The molecule has 0 spiro atoms. The molecule has 2 heterocycles. The highest BCUT2D eigenvalue weighted by molar-refractivity contribution is 6.05. The molecule has 0 bridgehead atoms. The van der Waals surface area contributed by atoms with Crippen LogP contribution in [0.2, 0.25) is 0 Å². The highest BCUT2D eigenvalue weighted by Crippen LogP contribution is 2.33. The minimum atomic E-state index is -0.720. The first-order valence-electron chi connectivity index (χ1n) is 9.39. The Morgan fingerprint density at radius 3 is 2.46 bits per heavy atom. The third kappa shape index (κ3) is 3.92. The Labute approximate surface area is 164 Å². The second-order valence-electron chi connectivity index (χ2n) is 6.70. The first-order chi connectivity index (χ1) is 13.7. The summed E-state index contributed by atoms with van der Waals surface area (Å²) in [6.07, 6.45) is 2.59. The van der Waals surface area contributed by atoms with E-state index in [1.165, 1.54) is 6.08 Å². The number of hydrogen-bond donors (Lipinski definition) is 0. The molecule has 2 aliphatic rings. The second kappa shape index (κ2) is 8.27. The number of fused-ring (bicyclic) bond motifs is 1. The van der Waals surface area contributed by atoms with E-state index in [9.17, 15) is 9.59 Å². The van der Waals surface area contributed by atoms with Crippen LogP contribution in [0.5, 0.6) is 5.75 Å². The minimum absolute atomic E-state index is 0.109. The van der Waals surface area contributed by atoms with E-state index in [2.05, 4.69) is 0 Å². The van der Waals surface area contributed by atoms with Crippen molar-refractivity contribution in [2.75, 3.05) is 37.7 Å². The van der Waals surface area contributed by atoms with Gasteiger partial charge in [-0.25, -0.2) is 0 Å². The molecule has 144 valence electrons. The molecule has 0 aliphatic carbocycles. The van der Waals surface area contributed by atoms with Gasteiger partial charge in [-0.1, -0.05) is 42.5 Å². The molecule has 0 radical (unpaired) electrons. The van der Waals surface area contributed by atoms with Gasteiger partial charge in [0.2, 0.25) is 0 Å². The van der Waals surface area contributed by atoms with Crippen LogP contribution in [0.4, 0.5) is 5.69 Å². The lowest BCUT2D eigenvalue weighted by atomic mass is 10.1. The van der Waals surface area contributed by atoms with Gasteiger partial charge in [0, 0.05) is 19.2 Å². The molecular formula is C22H22N2O4. The van der Waals surface area contributed by atoms with Crippen LogP contribution in [0.1, 0.15) is 5.56 Å².